The molecule has 3 heteroatoms. The first-order chi connectivity index (χ1) is 20.8. The van der Waals surface area contributed by atoms with Crippen molar-refractivity contribution in [2.24, 2.45) is 56.7 Å². The highest BCUT2D eigenvalue weighted by molar-refractivity contribution is 5.69. The smallest absolute Gasteiger partial charge is 0.305 e. The van der Waals surface area contributed by atoms with Crippen LogP contribution in [0.3, 0.4) is 0 Å². The van der Waals surface area contributed by atoms with Gasteiger partial charge in [0.2, 0.25) is 0 Å². The van der Waals surface area contributed by atoms with Gasteiger partial charge < -0.3 is 9.84 Å². The fraction of sp³-hybridized carbons (Fsp3) is 0.878. The summed E-state index contributed by atoms with van der Waals surface area (Å²) in [6.45, 7) is 24.0. The number of carbonyl (C=O) groups is 1. The van der Waals surface area contributed by atoms with Crippen molar-refractivity contribution in [1.82, 2.24) is 0 Å². The fourth-order valence-electron chi connectivity index (χ4n) is 13.1. The monoisotopic (exact) mass is 609 g/mol. The molecule has 5 rings (SSSR count). The molecule has 0 aromatic heterocycles. The van der Waals surface area contributed by atoms with E-state index in [9.17, 15) is 9.90 Å². The van der Waals surface area contributed by atoms with Gasteiger partial charge in [0.1, 0.15) is 0 Å². The Morgan fingerprint density at radius 1 is 0.818 bits per heavy atom. The number of esters is 1. The summed E-state index contributed by atoms with van der Waals surface area (Å²) in [5.41, 5.74) is 2.40. The highest BCUT2D eigenvalue weighted by Crippen LogP contribution is 2.77. The minimum absolute atomic E-state index is 0.000410. The summed E-state index contributed by atoms with van der Waals surface area (Å²) >= 11 is 0. The highest BCUT2D eigenvalue weighted by atomic mass is 16.5. The summed E-state index contributed by atoms with van der Waals surface area (Å²) in [5.74, 6) is 3.15. The number of hydrogen-bond donors (Lipinski definition) is 1. The largest absolute Gasteiger partial charge is 0.465 e. The molecule has 44 heavy (non-hydrogen) atoms. The van der Waals surface area contributed by atoms with E-state index in [2.05, 4.69) is 54.7 Å². The summed E-state index contributed by atoms with van der Waals surface area (Å²) in [7, 11) is 0. The minimum Gasteiger partial charge on any atom is -0.465 e. The molecule has 0 spiro atoms. The van der Waals surface area contributed by atoms with Crippen LogP contribution in [-0.4, -0.2) is 23.8 Å². The maximum atomic E-state index is 13.0. The molecule has 5 aliphatic carbocycles. The number of aliphatic hydroxyl groups is 1. The van der Waals surface area contributed by atoms with Gasteiger partial charge in [-0.1, -0.05) is 78.5 Å². The van der Waals surface area contributed by atoms with Crippen molar-refractivity contribution in [3.63, 3.8) is 0 Å². The van der Waals surface area contributed by atoms with Crippen molar-refractivity contribution in [2.45, 2.75) is 163 Å². The number of unbranched alkanes of at least 4 members (excludes halogenated alkanes) is 6. The van der Waals surface area contributed by atoms with Gasteiger partial charge in [0.15, 0.2) is 0 Å². The molecule has 250 valence electrons. The maximum absolute atomic E-state index is 13.0. The summed E-state index contributed by atoms with van der Waals surface area (Å²) in [5, 5.41) is 11.1. The second kappa shape index (κ2) is 12.8. The van der Waals surface area contributed by atoms with Crippen LogP contribution in [0, 0.1) is 56.7 Å². The van der Waals surface area contributed by atoms with E-state index in [4.69, 9.17) is 4.74 Å². The molecule has 1 N–H and O–H groups in total. The molecule has 0 saturated heterocycles. The molecular weight excluding hydrogens is 540 g/mol. The second-order valence-electron chi connectivity index (χ2n) is 18.0. The van der Waals surface area contributed by atoms with E-state index in [1.54, 1.807) is 0 Å². The first-order valence-corrected chi connectivity index (χ1v) is 18.9. The summed E-state index contributed by atoms with van der Waals surface area (Å²) in [6, 6.07) is 0. The van der Waals surface area contributed by atoms with Crippen molar-refractivity contribution in [2.75, 3.05) is 6.61 Å². The summed E-state index contributed by atoms with van der Waals surface area (Å²) < 4.78 is 6.23. The molecule has 5 saturated carbocycles. The second-order valence-corrected chi connectivity index (χ2v) is 18.0. The number of hydrogen-bond acceptors (Lipinski definition) is 3. The van der Waals surface area contributed by atoms with Crippen molar-refractivity contribution in [1.29, 1.82) is 0 Å². The van der Waals surface area contributed by atoms with E-state index in [1.807, 2.05) is 6.08 Å². The van der Waals surface area contributed by atoms with Gasteiger partial charge in [0.25, 0.3) is 0 Å². The zero-order valence-corrected chi connectivity index (χ0v) is 29.7. The quantitative estimate of drug-likeness (QED) is 0.136. The Bertz CT molecular complexity index is 1060. The predicted molar refractivity (Wildman–Crippen MR) is 183 cm³/mol. The third-order valence-electron chi connectivity index (χ3n) is 15.8. The molecule has 10 atom stereocenters. The van der Waals surface area contributed by atoms with Crippen molar-refractivity contribution < 1.29 is 14.6 Å². The van der Waals surface area contributed by atoms with Gasteiger partial charge in [-0.15, -0.1) is 6.58 Å². The van der Waals surface area contributed by atoms with Gasteiger partial charge in [-0.3, -0.25) is 4.79 Å². The number of carbonyl (C=O) groups excluding carboxylic acids is 1. The lowest BCUT2D eigenvalue weighted by Gasteiger charge is -2.73. The van der Waals surface area contributed by atoms with Crippen molar-refractivity contribution >= 4 is 5.97 Å². The average Bonchev–Trinajstić information content (AvgIpc) is 3.36. The standard InChI is InChI=1S/C41H68O3/c1-9-10-11-12-13-14-15-16-17-35(43)44-28-41-25-20-30(29(2)3)36(41)31-18-19-33-38(6)23-22-34(42)37(4,5)32(38)21-24-40(33,8)39(31,7)26-27-41/h9,30-34,36,42H,1-2,10-28H2,3-8H3/t30-,31+,32-,33+,34-,36+,38-,39+,40+,41+/m0/s1. The molecule has 0 amide bonds. The van der Waals surface area contributed by atoms with Crippen LogP contribution in [0.2, 0.25) is 0 Å². The molecule has 0 heterocycles. The van der Waals surface area contributed by atoms with Gasteiger partial charge in [-0.2, -0.15) is 0 Å². The van der Waals surface area contributed by atoms with Crippen LogP contribution in [0.4, 0.5) is 0 Å². The fourth-order valence-corrected chi connectivity index (χ4v) is 13.1. The van der Waals surface area contributed by atoms with Crippen LogP contribution in [0.25, 0.3) is 0 Å². The van der Waals surface area contributed by atoms with Crippen LogP contribution in [-0.2, 0) is 9.53 Å². The number of ether oxygens (including phenoxy) is 1. The number of aliphatic hydroxyl groups excluding tert-OH is 1. The first kappa shape index (κ1) is 34.3. The Hall–Kier alpha value is -1.09. The van der Waals surface area contributed by atoms with Gasteiger partial charge in [-0.25, -0.2) is 0 Å². The lowest BCUT2D eigenvalue weighted by atomic mass is 9.32. The summed E-state index contributed by atoms with van der Waals surface area (Å²) in [6.07, 6.45) is 22.8. The van der Waals surface area contributed by atoms with Gasteiger partial charge in [0, 0.05) is 11.8 Å². The Morgan fingerprint density at radius 2 is 1.52 bits per heavy atom. The normalized spacial score (nSPS) is 44.1. The van der Waals surface area contributed by atoms with Crippen LogP contribution >= 0.6 is 0 Å². The van der Waals surface area contributed by atoms with Crippen LogP contribution in [0.15, 0.2) is 24.8 Å². The zero-order valence-electron chi connectivity index (χ0n) is 29.7. The number of fused-ring (bicyclic) bond motifs is 7. The molecule has 0 aromatic carbocycles. The Balaban J connectivity index is 1.29. The third kappa shape index (κ3) is 5.60. The molecule has 5 aliphatic rings. The van der Waals surface area contributed by atoms with Crippen molar-refractivity contribution in [3.05, 3.63) is 24.8 Å². The molecular formula is C41H68O3. The van der Waals surface area contributed by atoms with E-state index in [1.165, 1.54) is 89.0 Å². The Kier molecular flexibility index (Phi) is 9.99. The molecule has 0 unspecified atom stereocenters. The minimum atomic E-state index is -0.169. The third-order valence-corrected chi connectivity index (χ3v) is 15.8. The molecule has 0 radical (unpaired) electrons. The lowest BCUT2D eigenvalue weighted by molar-refractivity contribution is -0.250. The van der Waals surface area contributed by atoms with E-state index in [0.29, 0.717) is 52.9 Å². The van der Waals surface area contributed by atoms with E-state index in [-0.39, 0.29) is 22.9 Å². The average molecular weight is 609 g/mol. The lowest BCUT2D eigenvalue weighted by Crippen LogP contribution is -2.66. The maximum Gasteiger partial charge on any atom is 0.305 e. The first-order valence-electron chi connectivity index (χ1n) is 18.9. The van der Waals surface area contributed by atoms with Crippen molar-refractivity contribution in [3.8, 4) is 0 Å². The van der Waals surface area contributed by atoms with Gasteiger partial charge in [-0.05, 0) is 142 Å². The molecule has 0 aromatic rings. The topological polar surface area (TPSA) is 46.5 Å². The number of rotatable bonds is 12. The Labute approximate surface area is 271 Å². The van der Waals surface area contributed by atoms with E-state index < -0.39 is 0 Å². The van der Waals surface area contributed by atoms with Gasteiger partial charge in [0.05, 0.1) is 12.7 Å². The molecule has 0 aliphatic heterocycles. The van der Waals surface area contributed by atoms with Crippen LogP contribution < -0.4 is 0 Å². The van der Waals surface area contributed by atoms with Gasteiger partial charge >= 0.3 is 5.97 Å². The Morgan fingerprint density at radius 3 is 2.23 bits per heavy atom. The van der Waals surface area contributed by atoms with E-state index >= 15 is 0 Å². The molecule has 0 bridgehead atoms. The number of allylic oxidation sites excluding steroid dienone is 2. The van der Waals surface area contributed by atoms with Crippen LogP contribution in [0.1, 0.15) is 157 Å². The molecule has 5 fully saturated rings. The van der Waals surface area contributed by atoms with Crippen LogP contribution in [0.5, 0.6) is 0 Å². The molecule has 3 nitrogen and oxygen atoms in total. The summed E-state index contributed by atoms with van der Waals surface area (Å²) in [4.78, 5) is 13.0. The van der Waals surface area contributed by atoms with E-state index in [0.717, 1.165) is 31.6 Å². The highest BCUT2D eigenvalue weighted by Gasteiger charge is 2.71. The SMILES string of the molecule is C=CCCCCCCCCC(=O)OC[C@]12CC[C@@H](C(=C)C)[C@@H]1[C@H]1CC[C@@H]3[C@@]4(C)CC[C@H](O)C(C)(C)[C@@H]4CC[C@@]3(C)[C@]1(C)CC2. The predicted octanol–water partition coefficient (Wildman–Crippen LogP) is 10.9. The zero-order chi connectivity index (χ0) is 32.0.